The Morgan fingerprint density at radius 2 is 1.84 bits per heavy atom. The van der Waals surface area contributed by atoms with E-state index in [9.17, 15) is 13.2 Å². The Balaban J connectivity index is 2.09. The fourth-order valence-corrected chi connectivity index (χ4v) is 2.73. The molecule has 1 N–H and O–H groups in total. The number of alkyl halides is 3. The summed E-state index contributed by atoms with van der Waals surface area (Å²) >= 11 is 11.9. The lowest BCUT2D eigenvalue weighted by molar-refractivity contribution is -0.137. The zero-order valence-electron chi connectivity index (χ0n) is 12.8. The molecule has 0 bridgehead atoms. The first-order valence-electron chi connectivity index (χ1n) is 7.07. The van der Waals surface area contributed by atoms with Gasteiger partial charge in [-0.1, -0.05) is 35.3 Å². The number of anilines is 2. The molecule has 1 aromatic carbocycles. The Hall–Kier alpha value is -2.25. The number of nitrogens with zero attached hydrogens (tertiary/aromatic N) is 3. The highest BCUT2D eigenvalue weighted by atomic mass is 35.5. The van der Waals surface area contributed by atoms with E-state index in [1.807, 2.05) is 0 Å². The van der Waals surface area contributed by atoms with Crippen LogP contribution < -0.4 is 5.32 Å². The standard InChI is InChI=1S/C16H11Cl2F3N4/c1-9-6-14(23-15-12(18)7-10(17)8-22-15)25(24-9)13-5-3-2-4-11(13)16(19,20)21/h2-8H,1H3,(H,22,23). The molecular formula is C16H11Cl2F3N4. The molecule has 0 saturated heterocycles. The number of benzene rings is 1. The average molecular weight is 387 g/mol. The summed E-state index contributed by atoms with van der Waals surface area (Å²) in [5.41, 5.74) is -0.364. The average Bonchev–Trinajstić information content (AvgIpc) is 2.90. The Bertz CT molecular complexity index is 922. The maximum atomic E-state index is 13.3. The van der Waals surface area contributed by atoms with E-state index in [4.69, 9.17) is 23.2 Å². The van der Waals surface area contributed by atoms with Crippen LogP contribution in [0.4, 0.5) is 24.8 Å². The quantitative estimate of drug-likeness (QED) is 0.632. The molecule has 4 nitrogen and oxygen atoms in total. The van der Waals surface area contributed by atoms with Crippen molar-refractivity contribution >= 4 is 34.8 Å². The summed E-state index contributed by atoms with van der Waals surface area (Å²) in [6.07, 6.45) is -3.13. The summed E-state index contributed by atoms with van der Waals surface area (Å²) < 4.78 is 41.1. The van der Waals surface area contributed by atoms with Crippen LogP contribution in [0.3, 0.4) is 0 Å². The first kappa shape index (κ1) is 17.6. The summed E-state index contributed by atoms with van der Waals surface area (Å²) in [6, 6.07) is 8.27. The van der Waals surface area contributed by atoms with E-state index in [2.05, 4.69) is 15.4 Å². The Labute approximate surface area is 151 Å². The fourth-order valence-electron chi connectivity index (χ4n) is 2.30. The van der Waals surface area contributed by atoms with Crippen molar-refractivity contribution in [3.05, 3.63) is 63.9 Å². The predicted molar refractivity (Wildman–Crippen MR) is 90.8 cm³/mol. The van der Waals surface area contributed by atoms with Crippen LogP contribution >= 0.6 is 23.2 Å². The number of aromatic nitrogens is 3. The van der Waals surface area contributed by atoms with E-state index >= 15 is 0 Å². The molecule has 130 valence electrons. The van der Waals surface area contributed by atoms with Gasteiger partial charge in [-0.3, -0.25) is 0 Å². The Kier molecular flexibility index (Phi) is 4.62. The van der Waals surface area contributed by atoms with Gasteiger partial charge in [0.2, 0.25) is 0 Å². The van der Waals surface area contributed by atoms with Crippen LogP contribution in [0.1, 0.15) is 11.3 Å². The van der Waals surface area contributed by atoms with Gasteiger partial charge in [0.25, 0.3) is 0 Å². The largest absolute Gasteiger partial charge is 0.418 e. The van der Waals surface area contributed by atoms with E-state index in [0.717, 1.165) is 6.07 Å². The van der Waals surface area contributed by atoms with Crippen LogP contribution in [0, 0.1) is 6.92 Å². The highest BCUT2D eigenvalue weighted by molar-refractivity contribution is 6.36. The molecule has 0 radical (unpaired) electrons. The number of halogens is 5. The first-order chi connectivity index (χ1) is 11.8. The van der Waals surface area contributed by atoms with Gasteiger partial charge in [0, 0.05) is 12.3 Å². The Morgan fingerprint density at radius 3 is 2.52 bits per heavy atom. The van der Waals surface area contributed by atoms with Crippen LogP contribution in [-0.4, -0.2) is 14.8 Å². The smallest absolute Gasteiger partial charge is 0.324 e. The van der Waals surface area contributed by atoms with Crippen molar-refractivity contribution in [3.63, 3.8) is 0 Å². The van der Waals surface area contributed by atoms with Crippen molar-refractivity contribution in [3.8, 4) is 5.69 Å². The van der Waals surface area contributed by atoms with Crippen molar-refractivity contribution in [2.45, 2.75) is 13.1 Å². The third-order valence-electron chi connectivity index (χ3n) is 3.32. The van der Waals surface area contributed by atoms with Crippen LogP contribution in [-0.2, 0) is 6.18 Å². The second-order valence-electron chi connectivity index (χ2n) is 5.21. The lowest BCUT2D eigenvalue weighted by Crippen LogP contribution is -2.13. The van der Waals surface area contributed by atoms with E-state index in [1.54, 1.807) is 13.0 Å². The van der Waals surface area contributed by atoms with Crippen LogP contribution in [0.2, 0.25) is 10.0 Å². The van der Waals surface area contributed by atoms with Gasteiger partial charge in [0.1, 0.15) is 11.6 Å². The normalized spacial score (nSPS) is 11.6. The monoisotopic (exact) mass is 386 g/mol. The van der Waals surface area contributed by atoms with Gasteiger partial charge in [0.05, 0.1) is 27.0 Å². The molecule has 0 unspecified atom stereocenters. The van der Waals surface area contributed by atoms with Crippen molar-refractivity contribution in [1.29, 1.82) is 0 Å². The summed E-state index contributed by atoms with van der Waals surface area (Å²) in [5, 5.41) is 7.64. The molecule has 0 spiro atoms. The maximum Gasteiger partial charge on any atom is 0.418 e. The minimum Gasteiger partial charge on any atom is -0.324 e. The SMILES string of the molecule is Cc1cc(Nc2ncc(Cl)cc2Cl)n(-c2ccccc2C(F)(F)F)n1. The first-order valence-corrected chi connectivity index (χ1v) is 7.82. The molecule has 3 aromatic rings. The molecule has 2 heterocycles. The number of aryl methyl sites for hydroxylation is 1. The maximum absolute atomic E-state index is 13.3. The van der Waals surface area contributed by atoms with Gasteiger partial charge in [-0.2, -0.15) is 18.3 Å². The zero-order valence-corrected chi connectivity index (χ0v) is 14.3. The molecule has 0 saturated carbocycles. The Morgan fingerprint density at radius 1 is 1.12 bits per heavy atom. The van der Waals surface area contributed by atoms with Gasteiger partial charge >= 0.3 is 6.18 Å². The topological polar surface area (TPSA) is 42.7 Å². The second-order valence-corrected chi connectivity index (χ2v) is 6.05. The molecule has 0 aliphatic heterocycles. The minimum atomic E-state index is -4.51. The predicted octanol–water partition coefficient (Wildman–Crippen LogP) is 5.64. The minimum absolute atomic E-state index is 0.101. The fraction of sp³-hybridized carbons (Fsp3) is 0.125. The molecular weight excluding hydrogens is 376 g/mol. The molecule has 9 heteroatoms. The van der Waals surface area contributed by atoms with E-state index < -0.39 is 11.7 Å². The number of pyridine rings is 1. The van der Waals surface area contributed by atoms with Crippen molar-refractivity contribution in [2.75, 3.05) is 5.32 Å². The number of hydrogen-bond donors (Lipinski definition) is 1. The zero-order chi connectivity index (χ0) is 18.2. The van der Waals surface area contributed by atoms with E-state index in [1.165, 1.54) is 35.1 Å². The van der Waals surface area contributed by atoms with Crippen LogP contribution in [0.15, 0.2) is 42.6 Å². The molecule has 0 atom stereocenters. The molecule has 0 fully saturated rings. The summed E-state index contributed by atoms with van der Waals surface area (Å²) in [7, 11) is 0. The lowest BCUT2D eigenvalue weighted by Gasteiger charge is -2.15. The van der Waals surface area contributed by atoms with Crippen molar-refractivity contribution in [1.82, 2.24) is 14.8 Å². The molecule has 2 aromatic heterocycles. The van der Waals surface area contributed by atoms with Gasteiger partial charge in [0.15, 0.2) is 0 Å². The van der Waals surface area contributed by atoms with Gasteiger partial charge in [-0.05, 0) is 25.1 Å². The molecule has 25 heavy (non-hydrogen) atoms. The number of nitrogens with one attached hydrogen (secondary N) is 1. The number of rotatable bonds is 3. The molecule has 3 rings (SSSR count). The van der Waals surface area contributed by atoms with E-state index in [0.29, 0.717) is 16.5 Å². The van der Waals surface area contributed by atoms with Gasteiger partial charge in [-0.25, -0.2) is 9.67 Å². The number of para-hydroxylation sites is 1. The van der Waals surface area contributed by atoms with Gasteiger partial charge < -0.3 is 5.32 Å². The van der Waals surface area contributed by atoms with Crippen LogP contribution in [0.25, 0.3) is 5.69 Å². The highest BCUT2D eigenvalue weighted by Gasteiger charge is 2.34. The molecule has 0 amide bonds. The summed E-state index contributed by atoms with van der Waals surface area (Å²) in [5.74, 6) is 0.558. The van der Waals surface area contributed by atoms with E-state index in [-0.39, 0.29) is 16.5 Å². The summed E-state index contributed by atoms with van der Waals surface area (Å²) in [4.78, 5) is 4.05. The third-order valence-corrected chi connectivity index (χ3v) is 3.82. The third kappa shape index (κ3) is 3.72. The van der Waals surface area contributed by atoms with Crippen molar-refractivity contribution in [2.24, 2.45) is 0 Å². The second kappa shape index (κ2) is 6.57. The molecule has 0 aliphatic carbocycles. The van der Waals surface area contributed by atoms with Crippen LogP contribution in [0.5, 0.6) is 0 Å². The lowest BCUT2D eigenvalue weighted by atomic mass is 10.1. The van der Waals surface area contributed by atoms with Gasteiger partial charge in [-0.15, -0.1) is 0 Å². The highest BCUT2D eigenvalue weighted by Crippen LogP contribution is 2.35. The summed E-state index contributed by atoms with van der Waals surface area (Å²) in [6.45, 7) is 1.68. The number of hydrogen-bond acceptors (Lipinski definition) is 3. The molecule has 0 aliphatic rings. The van der Waals surface area contributed by atoms with Crippen molar-refractivity contribution < 1.29 is 13.2 Å².